The molecule has 7 heteroatoms. The maximum atomic E-state index is 11.9. The van der Waals surface area contributed by atoms with Crippen molar-refractivity contribution in [1.82, 2.24) is 24.8 Å². The van der Waals surface area contributed by atoms with Crippen LogP contribution in [-0.4, -0.2) is 37.9 Å². The number of carbonyl (C=O) groups is 1. The molecule has 0 atom stereocenters. The second kappa shape index (κ2) is 5.20. The van der Waals surface area contributed by atoms with Crippen LogP contribution in [0.3, 0.4) is 0 Å². The highest BCUT2D eigenvalue weighted by atomic mass is 16.5. The number of carbonyl (C=O) groups excluding carboxylic acids is 1. The number of esters is 1. The zero-order chi connectivity index (χ0) is 14.8. The predicted octanol–water partition coefficient (Wildman–Crippen LogP) is 1.59. The highest BCUT2D eigenvalue weighted by Gasteiger charge is 2.17. The topological polar surface area (TPSA) is 74.8 Å². The number of allylic oxidation sites excluding steroid dienone is 1. The number of benzene rings is 1. The molecule has 0 spiro atoms. The molecule has 0 amide bonds. The number of methoxy groups -OCH3 is 1. The van der Waals surface area contributed by atoms with Crippen LogP contribution >= 0.6 is 0 Å². The fourth-order valence-electron chi connectivity index (χ4n) is 2.14. The maximum Gasteiger partial charge on any atom is 0.340 e. The molecule has 3 aromatic rings. The van der Waals surface area contributed by atoms with E-state index in [2.05, 4.69) is 22.0 Å². The lowest BCUT2D eigenvalue weighted by molar-refractivity contribution is 0.0603. The van der Waals surface area contributed by atoms with Crippen LogP contribution in [0.25, 0.3) is 16.9 Å². The number of rotatable bonds is 4. The van der Waals surface area contributed by atoms with Gasteiger partial charge in [-0.1, -0.05) is 29.4 Å². The lowest BCUT2D eigenvalue weighted by Crippen LogP contribution is -2.02. The van der Waals surface area contributed by atoms with Crippen molar-refractivity contribution < 1.29 is 9.53 Å². The Bertz CT molecular complexity index is 818. The van der Waals surface area contributed by atoms with Crippen LogP contribution in [0, 0.1) is 0 Å². The molecule has 0 aliphatic rings. The first-order valence-electron chi connectivity index (χ1n) is 6.32. The number of tetrazole rings is 1. The number of ether oxygens (including phenoxy) is 1. The van der Waals surface area contributed by atoms with Gasteiger partial charge in [0.2, 0.25) is 0 Å². The van der Waals surface area contributed by atoms with Crippen LogP contribution in [0.1, 0.15) is 10.4 Å². The van der Waals surface area contributed by atoms with Crippen molar-refractivity contribution in [1.29, 1.82) is 0 Å². The summed E-state index contributed by atoms with van der Waals surface area (Å²) >= 11 is 0. The number of hydrogen-bond donors (Lipinski definition) is 0. The minimum atomic E-state index is -0.400. The molecule has 21 heavy (non-hydrogen) atoms. The Morgan fingerprint density at radius 3 is 3.00 bits per heavy atom. The van der Waals surface area contributed by atoms with E-state index < -0.39 is 5.97 Å². The van der Waals surface area contributed by atoms with Gasteiger partial charge in [0.25, 0.3) is 5.95 Å². The largest absolute Gasteiger partial charge is 0.465 e. The van der Waals surface area contributed by atoms with E-state index in [4.69, 9.17) is 4.74 Å². The average molecular weight is 283 g/mol. The molecule has 1 aromatic carbocycles. The number of hydrogen-bond acceptors (Lipinski definition) is 5. The standard InChI is InChI=1S/C14H13N5O2/c1-3-8-19-16-14(15-17-19)18-9-11(13(20)21-2)10-6-4-5-7-12(10)18/h3-7,9H,1,8H2,2H3. The lowest BCUT2D eigenvalue weighted by atomic mass is 10.2. The van der Waals surface area contributed by atoms with E-state index in [-0.39, 0.29) is 0 Å². The van der Waals surface area contributed by atoms with E-state index in [9.17, 15) is 4.79 Å². The predicted molar refractivity (Wildman–Crippen MR) is 76.2 cm³/mol. The third-order valence-electron chi connectivity index (χ3n) is 3.07. The minimum absolute atomic E-state index is 0.392. The van der Waals surface area contributed by atoms with Gasteiger partial charge in [-0.2, -0.15) is 4.80 Å². The quantitative estimate of drug-likeness (QED) is 0.537. The molecule has 0 saturated carbocycles. The molecule has 0 bridgehead atoms. The number of para-hydroxylation sites is 1. The van der Waals surface area contributed by atoms with Crippen LogP contribution in [0.2, 0.25) is 0 Å². The molecular formula is C14H13N5O2. The fourth-order valence-corrected chi connectivity index (χ4v) is 2.14. The van der Waals surface area contributed by atoms with Crippen molar-refractivity contribution in [3.63, 3.8) is 0 Å². The zero-order valence-electron chi connectivity index (χ0n) is 11.4. The average Bonchev–Trinajstić information content (AvgIpc) is 3.11. The Morgan fingerprint density at radius 2 is 2.24 bits per heavy atom. The summed E-state index contributed by atoms with van der Waals surface area (Å²) in [6.45, 7) is 4.10. The molecule has 2 aromatic heterocycles. The van der Waals surface area contributed by atoms with E-state index in [1.165, 1.54) is 11.9 Å². The van der Waals surface area contributed by atoms with Crippen molar-refractivity contribution in [2.24, 2.45) is 0 Å². The van der Waals surface area contributed by atoms with Gasteiger partial charge in [-0.3, -0.25) is 4.57 Å². The zero-order valence-corrected chi connectivity index (χ0v) is 11.4. The van der Waals surface area contributed by atoms with Crippen LogP contribution in [0.5, 0.6) is 0 Å². The van der Waals surface area contributed by atoms with Crippen molar-refractivity contribution in [2.75, 3.05) is 7.11 Å². The van der Waals surface area contributed by atoms with Crippen LogP contribution in [0.4, 0.5) is 0 Å². The summed E-state index contributed by atoms with van der Waals surface area (Å²) in [4.78, 5) is 13.3. The van der Waals surface area contributed by atoms with E-state index in [1.807, 2.05) is 24.3 Å². The molecule has 7 nitrogen and oxygen atoms in total. The van der Waals surface area contributed by atoms with Crippen molar-refractivity contribution in [3.05, 3.63) is 48.7 Å². The van der Waals surface area contributed by atoms with Gasteiger partial charge >= 0.3 is 5.97 Å². The number of aromatic nitrogens is 5. The summed E-state index contributed by atoms with van der Waals surface area (Å²) in [7, 11) is 1.35. The van der Waals surface area contributed by atoms with E-state index in [0.29, 0.717) is 18.1 Å². The summed E-state index contributed by atoms with van der Waals surface area (Å²) in [6.07, 6.45) is 3.34. The smallest absolute Gasteiger partial charge is 0.340 e. The fraction of sp³-hybridized carbons (Fsp3) is 0.143. The summed E-state index contributed by atoms with van der Waals surface area (Å²) in [6, 6.07) is 7.48. The van der Waals surface area contributed by atoms with Gasteiger partial charge in [-0.15, -0.1) is 11.7 Å². The molecule has 0 saturated heterocycles. The summed E-state index contributed by atoms with van der Waals surface area (Å²) in [5.74, 6) is -0.00774. The second-order valence-corrected chi connectivity index (χ2v) is 4.35. The number of nitrogens with zero attached hydrogens (tertiary/aromatic N) is 5. The molecule has 0 N–H and O–H groups in total. The third kappa shape index (κ3) is 2.18. The molecule has 0 radical (unpaired) electrons. The maximum absolute atomic E-state index is 11.9. The number of fused-ring (bicyclic) bond motifs is 1. The van der Waals surface area contributed by atoms with Crippen LogP contribution in [-0.2, 0) is 11.3 Å². The Labute approximate surface area is 120 Å². The highest BCUT2D eigenvalue weighted by molar-refractivity contribution is 6.04. The highest BCUT2D eigenvalue weighted by Crippen LogP contribution is 2.23. The SMILES string of the molecule is C=CCn1nnc(-n2cc(C(=O)OC)c3ccccc32)n1. The van der Waals surface area contributed by atoms with Gasteiger partial charge in [0, 0.05) is 11.6 Å². The summed E-state index contributed by atoms with van der Waals surface area (Å²) in [5, 5.41) is 13.0. The Balaban J connectivity index is 2.17. The Hall–Kier alpha value is -2.96. The molecular weight excluding hydrogens is 270 g/mol. The van der Waals surface area contributed by atoms with Gasteiger partial charge in [-0.05, 0) is 11.3 Å². The Kier molecular flexibility index (Phi) is 3.23. The minimum Gasteiger partial charge on any atom is -0.465 e. The monoisotopic (exact) mass is 283 g/mol. The van der Waals surface area contributed by atoms with Gasteiger partial charge in [-0.25, -0.2) is 4.79 Å². The summed E-state index contributed by atoms with van der Waals surface area (Å²) < 4.78 is 6.53. The van der Waals surface area contributed by atoms with Crippen LogP contribution < -0.4 is 0 Å². The van der Waals surface area contributed by atoms with E-state index in [1.54, 1.807) is 16.8 Å². The van der Waals surface area contributed by atoms with Crippen molar-refractivity contribution in [3.8, 4) is 5.95 Å². The Morgan fingerprint density at radius 1 is 1.43 bits per heavy atom. The molecule has 106 valence electrons. The second-order valence-electron chi connectivity index (χ2n) is 4.35. The molecule has 2 heterocycles. The van der Waals surface area contributed by atoms with Gasteiger partial charge in [0.15, 0.2) is 0 Å². The van der Waals surface area contributed by atoms with Gasteiger partial charge in [0.1, 0.15) is 0 Å². The first-order chi connectivity index (χ1) is 10.2. The molecule has 0 aliphatic carbocycles. The first kappa shape index (κ1) is 13.0. The third-order valence-corrected chi connectivity index (χ3v) is 3.07. The van der Waals surface area contributed by atoms with Crippen molar-refractivity contribution in [2.45, 2.75) is 6.54 Å². The molecule has 0 aliphatic heterocycles. The normalized spacial score (nSPS) is 10.7. The van der Waals surface area contributed by atoms with Crippen LogP contribution in [0.15, 0.2) is 43.1 Å². The molecule has 3 rings (SSSR count). The lowest BCUT2D eigenvalue weighted by Gasteiger charge is -1.97. The molecule has 0 unspecified atom stereocenters. The van der Waals surface area contributed by atoms with Gasteiger partial charge < -0.3 is 4.74 Å². The van der Waals surface area contributed by atoms with Gasteiger partial charge in [0.05, 0.1) is 24.7 Å². The molecule has 0 fully saturated rings. The summed E-state index contributed by atoms with van der Waals surface area (Å²) in [5.41, 5.74) is 1.28. The first-order valence-corrected chi connectivity index (χ1v) is 6.32. The van der Waals surface area contributed by atoms with E-state index >= 15 is 0 Å². The van der Waals surface area contributed by atoms with E-state index in [0.717, 1.165) is 10.9 Å². The van der Waals surface area contributed by atoms with Crippen molar-refractivity contribution >= 4 is 16.9 Å².